The number of aromatic nitrogens is 2. The van der Waals surface area contributed by atoms with Gasteiger partial charge in [-0.15, -0.1) is 0 Å². The van der Waals surface area contributed by atoms with Crippen LogP contribution in [0, 0.1) is 13.8 Å². The van der Waals surface area contributed by atoms with Crippen molar-refractivity contribution in [2.24, 2.45) is 0 Å². The topological polar surface area (TPSA) is 76.0 Å². The van der Waals surface area contributed by atoms with Gasteiger partial charge in [-0.25, -0.2) is 4.98 Å². The number of hydrogen-bond acceptors (Lipinski definition) is 4. The van der Waals surface area contributed by atoms with E-state index in [0.717, 1.165) is 10.8 Å². The number of amides is 2. The van der Waals surface area contributed by atoms with E-state index >= 15 is 0 Å². The highest BCUT2D eigenvalue weighted by Crippen LogP contribution is 2.23. The highest BCUT2D eigenvalue weighted by molar-refractivity contribution is 7.99. The van der Waals surface area contributed by atoms with Crippen LogP contribution in [-0.4, -0.2) is 33.2 Å². The van der Waals surface area contributed by atoms with Crippen LogP contribution in [0.2, 0.25) is 0 Å². The van der Waals surface area contributed by atoms with Gasteiger partial charge in [0.1, 0.15) is 0 Å². The lowest BCUT2D eigenvalue weighted by Gasteiger charge is -2.13. The van der Waals surface area contributed by atoms with Gasteiger partial charge in [0.05, 0.1) is 17.0 Å². The van der Waals surface area contributed by atoms with Gasteiger partial charge in [-0.3, -0.25) is 14.2 Å². The molecule has 1 heterocycles. The van der Waals surface area contributed by atoms with Crippen molar-refractivity contribution in [2.45, 2.75) is 38.9 Å². The fraction of sp³-hybridized carbons (Fsp3) is 0.261. The smallest absolute Gasteiger partial charge is 0.253 e. The van der Waals surface area contributed by atoms with E-state index in [1.54, 1.807) is 30.5 Å². The zero-order chi connectivity index (χ0) is 21.7. The largest absolute Gasteiger partial charge is 0.350 e. The summed E-state index contributed by atoms with van der Waals surface area (Å²) in [6.07, 6.45) is 3.61. The Morgan fingerprint density at radius 1 is 1.10 bits per heavy atom. The molecule has 0 bridgehead atoms. The normalized spacial score (nSPS) is 10.8. The summed E-state index contributed by atoms with van der Waals surface area (Å²) in [6, 6.07) is 13.3. The summed E-state index contributed by atoms with van der Waals surface area (Å²) in [5.41, 5.74) is 4.30. The average molecular weight is 423 g/mol. The van der Waals surface area contributed by atoms with Crippen LogP contribution in [-0.2, 0) is 4.79 Å². The van der Waals surface area contributed by atoms with Crippen molar-refractivity contribution >= 4 is 29.3 Å². The molecule has 1 aromatic heterocycles. The third-order valence-electron chi connectivity index (χ3n) is 4.29. The predicted molar refractivity (Wildman–Crippen MR) is 121 cm³/mol. The Bertz CT molecular complexity index is 1040. The average Bonchev–Trinajstić information content (AvgIpc) is 3.14. The molecular weight excluding hydrogens is 396 g/mol. The number of nitrogens with one attached hydrogen (secondary N) is 2. The van der Waals surface area contributed by atoms with Crippen molar-refractivity contribution < 1.29 is 9.59 Å². The Morgan fingerprint density at radius 3 is 2.50 bits per heavy atom. The van der Waals surface area contributed by atoms with E-state index < -0.39 is 0 Å². The molecule has 6 nitrogen and oxygen atoms in total. The summed E-state index contributed by atoms with van der Waals surface area (Å²) in [6.45, 7) is 7.91. The Hall–Kier alpha value is -3.06. The number of nitrogens with zero attached hydrogens (tertiary/aromatic N) is 2. The molecule has 2 aromatic carbocycles. The lowest BCUT2D eigenvalue weighted by molar-refractivity contribution is -0.113. The molecule has 30 heavy (non-hydrogen) atoms. The van der Waals surface area contributed by atoms with Crippen molar-refractivity contribution in [1.29, 1.82) is 0 Å². The minimum absolute atomic E-state index is 0.0148. The minimum Gasteiger partial charge on any atom is -0.350 e. The molecule has 3 aromatic rings. The van der Waals surface area contributed by atoms with Crippen LogP contribution >= 0.6 is 11.8 Å². The lowest BCUT2D eigenvalue weighted by atomic mass is 10.1. The molecule has 2 N–H and O–H groups in total. The first-order valence-electron chi connectivity index (χ1n) is 9.78. The monoisotopic (exact) mass is 422 g/mol. The first-order valence-corrected chi connectivity index (χ1v) is 10.8. The standard InChI is InChI=1S/C23H26N4O2S/c1-15(2)25-22(29)19-7-5-6-8-20(19)26-21(28)14-30-23-24-9-10-27(23)18-12-16(3)11-17(4)13-18/h5-13,15H,14H2,1-4H3,(H,25,29)(H,26,28). The van der Waals surface area contributed by atoms with Crippen molar-refractivity contribution in [2.75, 3.05) is 11.1 Å². The molecule has 0 saturated heterocycles. The molecule has 3 rings (SSSR count). The Kier molecular flexibility index (Phi) is 6.95. The van der Waals surface area contributed by atoms with E-state index in [-0.39, 0.29) is 23.6 Å². The van der Waals surface area contributed by atoms with Gasteiger partial charge in [0, 0.05) is 24.1 Å². The van der Waals surface area contributed by atoms with Crippen LogP contribution in [0.25, 0.3) is 5.69 Å². The third kappa shape index (κ3) is 5.51. The SMILES string of the molecule is Cc1cc(C)cc(-n2ccnc2SCC(=O)Nc2ccccc2C(=O)NC(C)C)c1. The van der Waals surface area contributed by atoms with Crippen LogP contribution in [0.5, 0.6) is 0 Å². The number of carbonyl (C=O) groups excluding carboxylic acids is 2. The van der Waals surface area contributed by atoms with Gasteiger partial charge >= 0.3 is 0 Å². The van der Waals surface area contributed by atoms with E-state index in [2.05, 4.69) is 47.7 Å². The molecule has 0 aliphatic rings. The molecule has 0 saturated carbocycles. The first-order chi connectivity index (χ1) is 14.3. The van der Waals surface area contributed by atoms with Gasteiger partial charge in [-0.1, -0.05) is 30.0 Å². The number of benzene rings is 2. The number of aryl methyl sites for hydroxylation is 2. The molecule has 0 unspecified atom stereocenters. The molecule has 0 spiro atoms. The van der Waals surface area contributed by atoms with Crippen molar-refractivity contribution in [3.05, 3.63) is 71.5 Å². The quantitative estimate of drug-likeness (QED) is 0.555. The first kappa shape index (κ1) is 21.6. The fourth-order valence-corrected chi connectivity index (χ4v) is 3.90. The predicted octanol–water partition coefficient (Wildman–Crippen LogP) is 4.36. The van der Waals surface area contributed by atoms with Gasteiger partial charge in [0.2, 0.25) is 5.91 Å². The maximum absolute atomic E-state index is 12.6. The second-order valence-corrected chi connectivity index (χ2v) is 8.38. The van der Waals surface area contributed by atoms with Crippen molar-refractivity contribution in [3.63, 3.8) is 0 Å². The molecule has 2 amide bonds. The second-order valence-electron chi connectivity index (χ2n) is 7.44. The minimum atomic E-state index is -0.209. The van der Waals surface area contributed by atoms with Crippen LogP contribution in [0.15, 0.2) is 60.0 Å². The number of carbonyl (C=O) groups is 2. The summed E-state index contributed by atoms with van der Waals surface area (Å²) in [5.74, 6) is -0.222. The molecule has 156 valence electrons. The van der Waals surface area contributed by atoms with Crippen molar-refractivity contribution in [3.8, 4) is 5.69 Å². The molecule has 0 aliphatic heterocycles. The molecule has 0 atom stereocenters. The highest BCUT2D eigenvalue weighted by Gasteiger charge is 2.15. The summed E-state index contributed by atoms with van der Waals surface area (Å²) in [7, 11) is 0. The molecular formula is C23H26N4O2S. The zero-order valence-electron chi connectivity index (χ0n) is 17.6. The van der Waals surface area contributed by atoms with Gasteiger partial charge in [0.25, 0.3) is 5.91 Å². The van der Waals surface area contributed by atoms with E-state index in [1.165, 1.54) is 22.9 Å². The summed E-state index contributed by atoms with van der Waals surface area (Å²) < 4.78 is 1.97. The Morgan fingerprint density at radius 2 is 1.80 bits per heavy atom. The highest BCUT2D eigenvalue weighted by atomic mass is 32.2. The molecule has 7 heteroatoms. The number of imidazole rings is 1. The number of thioether (sulfide) groups is 1. The maximum Gasteiger partial charge on any atom is 0.253 e. The number of rotatable bonds is 7. The molecule has 0 radical (unpaired) electrons. The third-order valence-corrected chi connectivity index (χ3v) is 5.26. The van der Waals surface area contributed by atoms with Crippen LogP contribution < -0.4 is 10.6 Å². The van der Waals surface area contributed by atoms with Crippen LogP contribution in [0.4, 0.5) is 5.69 Å². The van der Waals surface area contributed by atoms with Gasteiger partial charge in [0.15, 0.2) is 5.16 Å². The van der Waals surface area contributed by atoms with Crippen molar-refractivity contribution in [1.82, 2.24) is 14.9 Å². The van der Waals surface area contributed by atoms with Gasteiger partial charge < -0.3 is 10.6 Å². The fourth-order valence-electron chi connectivity index (χ4n) is 3.13. The second kappa shape index (κ2) is 9.63. The van der Waals surface area contributed by atoms with Gasteiger partial charge in [-0.05, 0) is 63.1 Å². The maximum atomic E-state index is 12.6. The summed E-state index contributed by atoms with van der Waals surface area (Å²) in [4.78, 5) is 29.3. The molecule has 0 fully saturated rings. The van der Waals surface area contributed by atoms with E-state index in [9.17, 15) is 9.59 Å². The summed E-state index contributed by atoms with van der Waals surface area (Å²) >= 11 is 1.35. The number of hydrogen-bond donors (Lipinski definition) is 2. The summed E-state index contributed by atoms with van der Waals surface area (Å²) in [5, 5.41) is 6.44. The number of para-hydroxylation sites is 1. The molecule has 0 aliphatic carbocycles. The Balaban J connectivity index is 1.69. The van der Waals surface area contributed by atoms with Crippen LogP contribution in [0.3, 0.4) is 0 Å². The van der Waals surface area contributed by atoms with E-state index in [1.807, 2.05) is 24.6 Å². The Labute approximate surface area is 181 Å². The lowest BCUT2D eigenvalue weighted by Crippen LogP contribution is -2.31. The number of anilines is 1. The van der Waals surface area contributed by atoms with Crippen LogP contribution in [0.1, 0.15) is 35.3 Å². The zero-order valence-corrected chi connectivity index (χ0v) is 18.4. The van der Waals surface area contributed by atoms with E-state index in [4.69, 9.17) is 0 Å². The van der Waals surface area contributed by atoms with Gasteiger partial charge in [-0.2, -0.15) is 0 Å². The van der Waals surface area contributed by atoms with E-state index in [0.29, 0.717) is 11.3 Å².